The second kappa shape index (κ2) is 11.7. The van der Waals surface area contributed by atoms with Crippen LogP contribution in [-0.2, 0) is 17.9 Å². The molecule has 1 aromatic carbocycles. The minimum Gasteiger partial charge on any atom is -0.339 e. The fraction of sp³-hybridized carbons (Fsp3) is 0.600. The Kier molecular flexibility index (Phi) is 8.15. The summed E-state index contributed by atoms with van der Waals surface area (Å²) in [5.41, 5.74) is 2.58. The van der Waals surface area contributed by atoms with Gasteiger partial charge in [0.15, 0.2) is 0 Å². The summed E-state index contributed by atoms with van der Waals surface area (Å²) < 4.78 is 0. The van der Waals surface area contributed by atoms with E-state index in [0.717, 1.165) is 49.4 Å². The van der Waals surface area contributed by atoms with Gasteiger partial charge in [-0.3, -0.25) is 19.6 Å². The summed E-state index contributed by atoms with van der Waals surface area (Å²) in [7, 11) is 0. The Hall–Kier alpha value is -2.24. The molecular formula is C30H42N4O. The Balaban J connectivity index is 1.25. The summed E-state index contributed by atoms with van der Waals surface area (Å²) in [4.78, 5) is 24.9. The van der Waals surface area contributed by atoms with Crippen LogP contribution in [0.4, 0.5) is 0 Å². The normalized spacial score (nSPS) is 26.8. The Morgan fingerprint density at radius 1 is 1.03 bits per heavy atom. The number of benzene rings is 1. The molecule has 0 saturated carbocycles. The maximum absolute atomic E-state index is 13.1. The van der Waals surface area contributed by atoms with Gasteiger partial charge in [0, 0.05) is 57.1 Å². The molecule has 0 bridgehead atoms. The minimum absolute atomic E-state index is 0.288. The van der Waals surface area contributed by atoms with Gasteiger partial charge in [-0.05, 0) is 93.6 Å². The molecular weight excluding hydrogens is 432 g/mol. The molecule has 0 radical (unpaired) electrons. The Bertz CT molecular complexity index is 934. The molecule has 5 heteroatoms. The second-order valence-electron chi connectivity index (χ2n) is 10.9. The number of hydrogen-bond acceptors (Lipinski definition) is 4. The monoisotopic (exact) mass is 474 g/mol. The molecule has 4 atom stereocenters. The Morgan fingerprint density at radius 3 is 2.57 bits per heavy atom. The number of hydrogen-bond donors (Lipinski definition) is 0. The number of nitrogens with zero attached hydrogens (tertiary/aromatic N) is 4. The largest absolute Gasteiger partial charge is 0.339 e. The van der Waals surface area contributed by atoms with E-state index in [9.17, 15) is 4.79 Å². The van der Waals surface area contributed by atoms with Crippen molar-refractivity contribution < 1.29 is 4.79 Å². The van der Waals surface area contributed by atoms with Crippen molar-refractivity contribution in [1.82, 2.24) is 19.7 Å². The van der Waals surface area contributed by atoms with Crippen molar-refractivity contribution in [2.45, 2.75) is 77.0 Å². The van der Waals surface area contributed by atoms with Crippen molar-refractivity contribution >= 4 is 5.91 Å². The van der Waals surface area contributed by atoms with Crippen LogP contribution in [-0.4, -0.2) is 63.9 Å². The highest BCUT2D eigenvalue weighted by Gasteiger charge is 2.48. The van der Waals surface area contributed by atoms with Crippen LogP contribution in [0.1, 0.15) is 63.0 Å². The number of carbonyl (C=O) groups is 1. The third kappa shape index (κ3) is 5.78. The van der Waals surface area contributed by atoms with Crippen LogP contribution in [0.5, 0.6) is 0 Å². The smallest absolute Gasteiger partial charge is 0.222 e. The van der Waals surface area contributed by atoms with E-state index in [0.29, 0.717) is 19.0 Å². The van der Waals surface area contributed by atoms with E-state index in [1.54, 1.807) is 0 Å². The molecule has 3 fully saturated rings. The van der Waals surface area contributed by atoms with Crippen molar-refractivity contribution in [3.05, 3.63) is 66.0 Å². The number of pyridine rings is 1. The molecule has 5 rings (SSSR count). The van der Waals surface area contributed by atoms with Gasteiger partial charge in [0.2, 0.25) is 5.91 Å². The van der Waals surface area contributed by atoms with Crippen LogP contribution in [0.2, 0.25) is 0 Å². The Labute approximate surface area is 211 Å². The van der Waals surface area contributed by atoms with Crippen molar-refractivity contribution in [1.29, 1.82) is 0 Å². The predicted molar refractivity (Wildman–Crippen MR) is 141 cm³/mol. The predicted octanol–water partition coefficient (Wildman–Crippen LogP) is 4.98. The molecule has 0 spiro atoms. The zero-order chi connectivity index (χ0) is 24.0. The van der Waals surface area contributed by atoms with Crippen molar-refractivity contribution in [3.8, 4) is 0 Å². The number of likely N-dealkylation sites (tertiary alicyclic amines) is 1. The lowest BCUT2D eigenvalue weighted by atomic mass is 9.69. The van der Waals surface area contributed by atoms with Crippen LogP contribution in [0.15, 0.2) is 54.9 Å². The molecule has 0 unspecified atom stereocenters. The fourth-order valence-electron chi connectivity index (χ4n) is 7.19. The number of rotatable bonds is 9. The molecule has 0 aliphatic carbocycles. The van der Waals surface area contributed by atoms with Gasteiger partial charge in [-0.2, -0.15) is 0 Å². The number of amides is 1. The number of aromatic nitrogens is 1. The first-order valence-corrected chi connectivity index (χ1v) is 13.9. The van der Waals surface area contributed by atoms with Crippen LogP contribution in [0.3, 0.4) is 0 Å². The molecule has 1 amide bonds. The van der Waals surface area contributed by atoms with E-state index in [1.807, 2.05) is 29.4 Å². The van der Waals surface area contributed by atoms with E-state index in [1.165, 1.54) is 50.9 Å². The summed E-state index contributed by atoms with van der Waals surface area (Å²) in [6.07, 6.45) is 11.8. The van der Waals surface area contributed by atoms with Crippen molar-refractivity contribution in [3.63, 3.8) is 0 Å². The SMILES string of the molecule is CCN(Cc1ccncc1)C(=O)CCC[C@@H]1[C@H]2CCCN3CCC[C@@H](CN1Cc1ccccc1)[C@@H]23. The summed E-state index contributed by atoms with van der Waals surface area (Å²) in [5.74, 6) is 1.85. The molecule has 3 aliphatic heterocycles. The average Bonchev–Trinajstić information content (AvgIpc) is 2.90. The van der Waals surface area contributed by atoms with E-state index in [-0.39, 0.29) is 5.91 Å². The van der Waals surface area contributed by atoms with E-state index >= 15 is 0 Å². The van der Waals surface area contributed by atoms with Gasteiger partial charge in [-0.25, -0.2) is 0 Å². The first-order chi connectivity index (χ1) is 17.2. The van der Waals surface area contributed by atoms with Gasteiger partial charge < -0.3 is 4.90 Å². The lowest BCUT2D eigenvalue weighted by Gasteiger charge is -2.57. The molecule has 3 saturated heterocycles. The zero-order valence-electron chi connectivity index (χ0n) is 21.4. The first kappa shape index (κ1) is 24.5. The molecule has 0 N–H and O–H groups in total. The van der Waals surface area contributed by atoms with Crippen LogP contribution < -0.4 is 0 Å². The summed E-state index contributed by atoms with van der Waals surface area (Å²) in [6.45, 7) is 8.37. The maximum Gasteiger partial charge on any atom is 0.222 e. The van der Waals surface area contributed by atoms with E-state index in [2.05, 4.69) is 52.0 Å². The van der Waals surface area contributed by atoms with Crippen LogP contribution in [0, 0.1) is 11.8 Å². The fourth-order valence-corrected chi connectivity index (χ4v) is 7.19. The molecule has 4 heterocycles. The molecule has 1 aromatic heterocycles. The van der Waals surface area contributed by atoms with Gasteiger partial charge in [0.05, 0.1) is 0 Å². The van der Waals surface area contributed by atoms with Crippen LogP contribution in [0.25, 0.3) is 0 Å². The van der Waals surface area contributed by atoms with Crippen molar-refractivity contribution in [2.24, 2.45) is 11.8 Å². The van der Waals surface area contributed by atoms with Crippen LogP contribution >= 0.6 is 0 Å². The standard InChI is InChI=1S/C30H42N4O/c1-2-32(21-25-15-17-31-18-16-25)29(35)14-6-13-28-27-12-8-20-33-19-7-11-26(30(27)33)23-34(28)22-24-9-4-3-5-10-24/h3-5,9-10,15-18,26-28,30H,2,6-8,11-14,19-23H2,1H3/t26-,27+,28+,30-/m0/s1. The van der Waals surface area contributed by atoms with E-state index in [4.69, 9.17) is 0 Å². The molecule has 5 nitrogen and oxygen atoms in total. The van der Waals surface area contributed by atoms with Crippen molar-refractivity contribution in [2.75, 3.05) is 26.2 Å². The van der Waals surface area contributed by atoms with Gasteiger partial charge in [-0.1, -0.05) is 30.3 Å². The highest BCUT2D eigenvalue weighted by atomic mass is 16.2. The second-order valence-corrected chi connectivity index (χ2v) is 10.9. The zero-order valence-corrected chi connectivity index (χ0v) is 21.4. The van der Waals surface area contributed by atoms with E-state index < -0.39 is 0 Å². The quantitative estimate of drug-likeness (QED) is 0.514. The minimum atomic E-state index is 0.288. The number of carbonyl (C=O) groups excluding carboxylic acids is 1. The third-order valence-electron chi connectivity index (χ3n) is 8.75. The average molecular weight is 475 g/mol. The summed E-state index contributed by atoms with van der Waals surface area (Å²) in [5, 5.41) is 0. The highest BCUT2D eigenvalue weighted by molar-refractivity contribution is 5.76. The number of piperidine rings is 3. The first-order valence-electron chi connectivity index (χ1n) is 13.9. The summed E-state index contributed by atoms with van der Waals surface area (Å²) >= 11 is 0. The van der Waals surface area contributed by atoms with Gasteiger partial charge in [0.1, 0.15) is 0 Å². The topological polar surface area (TPSA) is 39.7 Å². The van der Waals surface area contributed by atoms with Gasteiger partial charge >= 0.3 is 0 Å². The lowest BCUT2D eigenvalue weighted by molar-refractivity contribution is -0.132. The third-order valence-corrected chi connectivity index (χ3v) is 8.75. The van der Waals surface area contributed by atoms with Gasteiger partial charge in [-0.15, -0.1) is 0 Å². The highest BCUT2D eigenvalue weighted by Crippen LogP contribution is 2.43. The maximum atomic E-state index is 13.1. The molecule has 35 heavy (non-hydrogen) atoms. The van der Waals surface area contributed by atoms with Gasteiger partial charge in [0.25, 0.3) is 0 Å². The summed E-state index contributed by atoms with van der Waals surface area (Å²) in [6, 6.07) is 16.4. The lowest BCUT2D eigenvalue weighted by Crippen LogP contribution is -2.64. The Morgan fingerprint density at radius 2 is 1.80 bits per heavy atom. The molecule has 2 aromatic rings. The molecule has 188 valence electrons. The molecule has 3 aliphatic rings.